The van der Waals surface area contributed by atoms with Gasteiger partial charge < -0.3 is 29.9 Å². The Morgan fingerprint density at radius 3 is 2.46 bits per heavy atom. The lowest BCUT2D eigenvalue weighted by atomic mass is 9.90. The van der Waals surface area contributed by atoms with Gasteiger partial charge in [0, 0.05) is 42.7 Å². The zero-order chi connectivity index (χ0) is 28.8. The zero-order valence-electron chi connectivity index (χ0n) is 23.9. The van der Waals surface area contributed by atoms with E-state index in [9.17, 15) is 14.7 Å². The first-order valence-electron chi connectivity index (χ1n) is 15.0. The molecule has 0 unspecified atom stereocenters. The number of carboxylic acids is 1. The minimum absolute atomic E-state index is 0.00589. The van der Waals surface area contributed by atoms with Crippen LogP contribution in [0.15, 0.2) is 48.5 Å². The molecule has 5 rings (SSSR count). The number of aliphatic carboxylic acids is 1. The molecule has 2 aromatic carbocycles. The van der Waals surface area contributed by atoms with Crippen molar-refractivity contribution in [2.45, 2.75) is 76.6 Å². The van der Waals surface area contributed by atoms with E-state index in [1.165, 1.54) is 38.8 Å². The molecule has 9 heteroatoms. The van der Waals surface area contributed by atoms with Crippen molar-refractivity contribution in [1.29, 1.82) is 0 Å². The number of carbonyl (C=O) groups is 2. The van der Waals surface area contributed by atoms with Crippen molar-refractivity contribution in [2.75, 3.05) is 38.0 Å². The largest absolute Gasteiger partial charge is 0.481 e. The first kappa shape index (κ1) is 29.7. The molecule has 2 aromatic rings. The summed E-state index contributed by atoms with van der Waals surface area (Å²) in [4.78, 5) is 28.3. The van der Waals surface area contributed by atoms with E-state index in [1.807, 2.05) is 42.5 Å². The van der Waals surface area contributed by atoms with Crippen molar-refractivity contribution in [3.63, 3.8) is 0 Å². The van der Waals surface area contributed by atoms with E-state index >= 15 is 0 Å². The fourth-order valence-corrected chi connectivity index (χ4v) is 6.37. The number of amides is 1. The van der Waals surface area contributed by atoms with Crippen molar-refractivity contribution in [3.05, 3.63) is 65.2 Å². The highest BCUT2D eigenvalue weighted by atomic mass is 16.7. The predicted octanol–water partition coefficient (Wildman–Crippen LogP) is 4.33. The number of carboxylic acid groups (broad SMARTS) is 1. The van der Waals surface area contributed by atoms with Crippen molar-refractivity contribution in [3.8, 4) is 0 Å². The summed E-state index contributed by atoms with van der Waals surface area (Å²) in [6.07, 6.45) is 3.80. The standard InChI is InChI=1S/C32H43N3O6/c1-22-28(20-35-17-5-8-27(35)19-34-15-2-3-16-34)40-32(41-31(22)24-11-9-23(21-36)10-12-24)25-6-4-7-26(18-25)33-29(37)13-14-30(38)39/h4,6-7,9-12,18,22,27-28,31-32,36H,2-3,5,8,13-17,19-21H2,1H3,(H,33,37)(H,38,39)/t22-,27+,28+,31+,32+/m1/s1. The van der Waals surface area contributed by atoms with Crippen LogP contribution in [-0.2, 0) is 25.7 Å². The predicted molar refractivity (Wildman–Crippen MR) is 155 cm³/mol. The van der Waals surface area contributed by atoms with Crippen LogP contribution in [0.3, 0.4) is 0 Å². The summed E-state index contributed by atoms with van der Waals surface area (Å²) in [5.41, 5.74) is 3.27. The maximum Gasteiger partial charge on any atom is 0.303 e. The van der Waals surface area contributed by atoms with Gasteiger partial charge in [-0.15, -0.1) is 0 Å². The molecule has 5 atom stereocenters. The van der Waals surface area contributed by atoms with E-state index in [0.717, 1.165) is 36.3 Å². The molecule has 0 aromatic heterocycles. The minimum atomic E-state index is -1.00. The van der Waals surface area contributed by atoms with Gasteiger partial charge in [0.2, 0.25) is 5.91 Å². The number of aliphatic hydroxyl groups is 1. The lowest BCUT2D eigenvalue weighted by Gasteiger charge is -2.43. The minimum Gasteiger partial charge on any atom is -0.481 e. The molecule has 222 valence electrons. The Morgan fingerprint density at radius 2 is 1.73 bits per heavy atom. The van der Waals surface area contributed by atoms with Crippen LogP contribution in [0, 0.1) is 5.92 Å². The van der Waals surface area contributed by atoms with Gasteiger partial charge in [0.25, 0.3) is 0 Å². The van der Waals surface area contributed by atoms with E-state index < -0.39 is 12.3 Å². The third kappa shape index (κ3) is 7.72. The fraction of sp³-hybridized carbons (Fsp3) is 0.562. The van der Waals surface area contributed by atoms with Gasteiger partial charge in [-0.2, -0.15) is 0 Å². The van der Waals surface area contributed by atoms with Gasteiger partial charge in [0.05, 0.1) is 25.2 Å². The second kappa shape index (κ2) is 13.9. The molecule has 0 radical (unpaired) electrons. The summed E-state index contributed by atoms with van der Waals surface area (Å²) in [6.45, 7) is 7.61. The molecule has 1 amide bonds. The molecule has 3 saturated heterocycles. The smallest absolute Gasteiger partial charge is 0.303 e. The number of nitrogens with one attached hydrogen (secondary N) is 1. The van der Waals surface area contributed by atoms with Gasteiger partial charge >= 0.3 is 5.97 Å². The molecule has 9 nitrogen and oxygen atoms in total. The molecule has 3 aliphatic heterocycles. The van der Waals surface area contributed by atoms with Gasteiger partial charge in [0.15, 0.2) is 6.29 Å². The van der Waals surface area contributed by atoms with E-state index in [1.54, 1.807) is 6.07 Å². The van der Waals surface area contributed by atoms with Crippen LogP contribution in [0.2, 0.25) is 0 Å². The Balaban J connectivity index is 1.34. The van der Waals surface area contributed by atoms with Gasteiger partial charge in [0.1, 0.15) is 0 Å². The maximum absolute atomic E-state index is 12.3. The van der Waals surface area contributed by atoms with Gasteiger partial charge in [-0.25, -0.2) is 0 Å². The molecule has 3 aliphatic rings. The van der Waals surface area contributed by atoms with Crippen LogP contribution >= 0.6 is 0 Å². The molecular formula is C32H43N3O6. The molecular weight excluding hydrogens is 522 g/mol. The second-order valence-electron chi connectivity index (χ2n) is 11.7. The number of benzene rings is 2. The first-order valence-corrected chi connectivity index (χ1v) is 15.0. The van der Waals surface area contributed by atoms with Crippen LogP contribution < -0.4 is 5.32 Å². The SMILES string of the molecule is C[C@@H]1[C@H](CN2CCC[C@H]2CN2CCCC2)O[C@H](c2cccc(NC(=O)CCC(=O)O)c2)O[C@@H]1c1ccc(CO)cc1. The number of anilines is 1. The normalized spacial score (nSPS) is 27.2. The molecule has 0 spiro atoms. The summed E-state index contributed by atoms with van der Waals surface area (Å²) in [5.74, 6) is -1.25. The Hall–Kier alpha value is -2.82. The molecule has 3 heterocycles. The summed E-state index contributed by atoms with van der Waals surface area (Å²) in [6, 6.07) is 15.9. The Labute approximate surface area is 242 Å². The summed E-state index contributed by atoms with van der Waals surface area (Å²) < 4.78 is 13.3. The lowest BCUT2D eigenvalue weighted by molar-refractivity contribution is -0.276. The number of likely N-dealkylation sites (tertiary alicyclic amines) is 2. The summed E-state index contributed by atoms with van der Waals surface area (Å²) >= 11 is 0. The molecule has 0 aliphatic carbocycles. The van der Waals surface area contributed by atoms with Gasteiger partial charge in [-0.05, 0) is 68.6 Å². The van der Waals surface area contributed by atoms with Crippen molar-refractivity contribution in [1.82, 2.24) is 9.80 Å². The molecule has 3 fully saturated rings. The first-order chi connectivity index (χ1) is 19.9. The third-order valence-electron chi connectivity index (χ3n) is 8.71. The summed E-state index contributed by atoms with van der Waals surface area (Å²) in [7, 11) is 0. The third-order valence-corrected chi connectivity index (χ3v) is 8.71. The van der Waals surface area contributed by atoms with E-state index in [2.05, 4.69) is 22.0 Å². The highest BCUT2D eigenvalue weighted by Crippen LogP contribution is 2.42. The monoisotopic (exact) mass is 565 g/mol. The molecule has 3 N–H and O–H groups in total. The van der Waals surface area contributed by atoms with Crippen molar-refractivity contribution < 1.29 is 29.3 Å². The van der Waals surface area contributed by atoms with Crippen LogP contribution in [0.4, 0.5) is 5.69 Å². The zero-order valence-corrected chi connectivity index (χ0v) is 23.9. The van der Waals surface area contributed by atoms with Crippen LogP contribution in [-0.4, -0.2) is 76.8 Å². The number of aliphatic hydroxyl groups excluding tert-OH is 1. The van der Waals surface area contributed by atoms with Gasteiger partial charge in [-0.3, -0.25) is 14.5 Å². The second-order valence-corrected chi connectivity index (χ2v) is 11.7. The maximum atomic E-state index is 12.3. The average molecular weight is 566 g/mol. The quantitative estimate of drug-likeness (QED) is 0.369. The number of hydrogen-bond acceptors (Lipinski definition) is 7. The van der Waals surface area contributed by atoms with Gasteiger partial charge in [-0.1, -0.05) is 43.3 Å². The molecule has 0 bridgehead atoms. The van der Waals surface area contributed by atoms with Crippen LogP contribution in [0.25, 0.3) is 0 Å². The summed E-state index contributed by atoms with van der Waals surface area (Å²) in [5, 5.41) is 21.2. The topological polar surface area (TPSA) is 112 Å². The van der Waals surface area contributed by atoms with E-state index in [0.29, 0.717) is 11.7 Å². The molecule has 0 saturated carbocycles. The van der Waals surface area contributed by atoms with Crippen LogP contribution in [0.1, 0.15) is 74.5 Å². The fourth-order valence-electron chi connectivity index (χ4n) is 6.37. The lowest BCUT2D eigenvalue weighted by Crippen LogP contribution is -2.48. The Morgan fingerprint density at radius 1 is 0.951 bits per heavy atom. The number of hydrogen-bond donors (Lipinski definition) is 3. The Kier molecular flexibility index (Phi) is 10.1. The highest BCUT2D eigenvalue weighted by Gasteiger charge is 2.41. The van der Waals surface area contributed by atoms with E-state index in [-0.39, 0.29) is 43.5 Å². The highest BCUT2D eigenvalue weighted by molar-refractivity contribution is 5.92. The van der Waals surface area contributed by atoms with Crippen molar-refractivity contribution >= 4 is 17.6 Å². The Bertz CT molecular complexity index is 1170. The van der Waals surface area contributed by atoms with Crippen molar-refractivity contribution in [2.24, 2.45) is 5.92 Å². The van der Waals surface area contributed by atoms with E-state index in [4.69, 9.17) is 14.6 Å². The number of carbonyl (C=O) groups excluding carboxylic acids is 1. The molecule has 41 heavy (non-hydrogen) atoms. The van der Waals surface area contributed by atoms with Crippen LogP contribution in [0.5, 0.6) is 0 Å². The number of nitrogens with zero attached hydrogens (tertiary/aromatic N) is 2. The number of ether oxygens (including phenoxy) is 2. The average Bonchev–Trinajstić information content (AvgIpc) is 3.66. The number of rotatable bonds is 11.